The van der Waals surface area contributed by atoms with Gasteiger partial charge in [0.25, 0.3) is 0 Å². The Bertz CT molecular complexity index is 556. The lowest BCUT2D eigenvalue weighted by Crippen LogP contribution is -2.06. The summed E-state index contributed by atoms with van der Waals surface area (Å²) in [4.78, 5) is 12.6. The molecule has 3 rings (SSSR count). The Morgan fingerprint density at radius 1 is 1.17 bits per heavy atom. The SMILES string of the molecule is Clc1nc2c(c(NCc3ccncc3)n1)CCC2. The molecule has 1 aliphatic carbocycles. The molecule has 92 valence electrons. The molecular weight excluding hydrogens is 248 g/mol. The lowest BCUT2D eigenvalue weighted by Gasteiger charge is -2.10. The Labute approximate surface area is 110 Å². The van der Waals surface area contributed by atoms with Gasteiger partial charge in [0.15, 0.2) is 0 Å². The Morgan fingerprint density at radius 2 is 2.00 bits per heavy atom. The first kappa shape index (κ1) is 11.4. The van der Waals surface area contributed by atoms with E-state index in [4.69, 9.17) is 11.6 Å². The number of hydrogen-bond donors (Lipinski definition) is 1. The van der Waals surface area contributed by atoms with Crippen molar-refractivity contribution in [2.45, 2.75) is 25.8 Å². The van der Waals surface area contributed by atoms with Crippen LogP contribution in [0.4, 0.5) is 5.82 Å². The molecular formula is C13H13ClN4. The smallest absolute Gasteiger partial charge is 0.224 e. The summed E-state index contributed by atoms with van der Waals surface area (Å²) in [6.45, 7) is 0.725. The summed E-state index contributed by atoms with van der Waals surface area (Å²) >= 11 is 5.94. The molecule has 0 spiro atoms. The molecule has 5 heteroatoms. The largest absolute Gasteiger partial charge is 0.366 e. The standard InChI is InChI=1S/C13H13ClN4/c14-13-17-11-3-1-2-10(11)12(18-13)16-8-9-4-6-15-7-5-9/h4-7H,1-3,8H2,(H,16,17,18). The molecule has 0 amide bonds. The van der Waals surface area contributed by atoms with E-state index in [0.717, 1.165) is 37.3 Å². The fraction of sp³-hybridized carbons (Fsp3) is 0.308. The summed E-state index contributed by atoms with van der Waals surface area (Å²) in [6, 6.07) is 3.96. The van der Waals surface area contributed by atoms with Gasteiger partial charge in [0.1, 0.15) is 5.82 Å². The maximum absolute atomic E-state index is 5.94. The van der Waals surface area contributed by atoms with Gasteiger partial charge in [-0.15, -0.1) is 0 Å². The van der Waals surface area contributed by atoms with E-state index >= 15 is 0 Å². The number of halogens is 1. The molecule has 1 N–H and O–H groups in total. The van der Waals surface area contributed by atoms with Crippen molar-refractivity contribution in [1.29, 1.82) is 0 Å². The molecule has 1 aliphatic rings. The molecule has 0 radical (unpaired) electrons. The fourth-order valence-corrected chi connectivity index (χ4v) is 2.42. The van der Waals surface area contributed by atoms with Gasteiger partial charge in [-0.05, 0) is 48.6 Å². The number of aryl methyl sites for hydroxylation is 1. The Morgan fingerprint density at radius 3 is 2.83 bits per heavy atom. The van der Waals surface area contributed by atoms with E-state index in [-0.39, 0.29) is 0 Å². The summed E-state index contributed by atoms with van der Waals surface area (Å²) in [5.41, 5.74) is 3.48. The zero-order valence-electron chi connectivity index (χ0n) is 9.86. The lowest BCUT2D eigenvalue weighted by atomic mass is 10.2. The zero-order chi connectivity index (χ0) is 12.4. The van der Waals surface area contributed by atoms with Crippen molar-refractivity contribution in [3.8, 4) is 0 Å². The van der Waals surface area contributed by atoms with Crippen LogP contribution in [0.1, 0.15) is 23.2 Å². The highest BCUT2D eigenvalue weighted by atomic mass is 35.5. The number of rotatable bonds is 3. The summed E-state index contributed by atoms with van der Waals surface area (Å²) in [7, 11) is 0. The van der Waals surface area contributed by atoms with Gasteiger partial charge in [-0.3, -0.25) is 4.98 Å². The van der Waals surface area contributed by atoms with Crippen LogP contribution in [0, 0.1) is 0 Å². The van der Waals surface area contributed by atoms with E-state index in [2.05, 4.69) is 20.3 Å². The number of nitrogens with one attached hydrogen (secondary N) is 1. The molecule has 2 aromatic heterocycles. The van der Waals surface area contributed by atoms with Crippen LogP contribution in [0.15, 0.2) is 24.5 Å². The zero-order valence-corrected chi connectivity index (χ0v) is 10.6. The van der Waals surface area contributed by atoms with Crippen molar-refractivity contribution < 1.29 is 0 Å². The molecule has 0 atom stereocenters. The third-order valence-electron chi connectivity index (χ3n) is 3.12. The van der Waals surface area contributed by atoms with Crippen molar-refractivity contribution in [3.63, 3.8) is 0 Å². The minimum atomic E-state index is 0.327. The molecule has 0 aliphatic heterocycles. The van der Waals surface area contributed by atoms with E-state index in [9.17, 15) is 0 Å². The van der Waals surface area contributed by atoms with E-state index in [1.165, 1.54) is 11.1 Å². The summed E-state index contributed by atoms with van der Waals surface area (Å²) < 4.78 is 0. The van der Waals surface area contributed by atoms with Crippen LogP contribution in [0.25, 0.3) is 0 Å². The van der Waals surface area contributed by atoms with Gasteiger partial charge in [-0.25, -0.2) is 9.97 Å². The van der Waals surface area contributed by atoms with E-state index in [1.54, 1.807) is 12.4 Å². The lowest BCUT2D eigenvalue weighted by molar-refractivity contribution is 0.899. The van der Waals surface area contributed by atoms with Crippen molar-refractivity contribution in [3.05, 3.63) is 46.6 Å². The van der Waals surface area contributed by atoms with Crippen LogP contribution < -0.4 is 5.32 Å². The Balaban J connectivity index is 1.81. The first-order valence-corrected chi connectivity index (χ1v) is 6.39. The van der Waals surface area contributed by atoms with Gasteiger partial charge in [0.2, 0.25) is 5.28 Å². The van der Waals surface area contributed by atoms with Crippen LogP contribution in [-0.2, 0) is 19.4 Å². The Hall–Kier alpha value is -1.68. The minimum Gasteiger partial charge on any atom is -0.366 e. The molecule has 0 bridgehead atoms. The molecule has 2 heterocycles. The average molecular weight is 261 g/mol. The number of fused-ring (bicyclic) bond motifs is 1. The molecule has 0 unspecified atom stereocenters. The molecule has 0 saturated heterocycles. The molecule has 18 heavy (non-hydrogen) atoms. The third-order valence-corrected chi connectivity index (χ3v) is 3.28. The number of aromatic nitrogens is 3. The van der Waals surface area contributed by atoms with Gasteiger partial charge >= 0.3 is 0 Å². The van der Waals surface area contributed by atoms with Crippen molar-refractivity contribution in [2.75, 3.05) is 5.32 Å². The quantitative estimate of drug-likeness (QED) is 0.862. The van der Waals surface area contributed by atoms with Crippen LogP contribution >= 0.6 is 11.6 Å². The highest BCUT2D eigenvalue weighted by molar-refractivity contribution is 6.28. The second-order valence-electron chi connectivity index (χ2n) is 4.33. The van der Waals surface area contributed by atoms with Gasteiger partial charge in [0.05, 0.1) is 5.69 Å². The van der Waals surface area contributed by atoms with Crippen LogP contribution in [-0.4, -0.2) is 15.0 Å². The molecule has 2 aromatic rings. The number of hydrogen-bond acceptors (Lipinski definition) is 4. The van der Waals surface area contributed by atoms with Crippen LogP contribution in [0.2, 0.25) is 5.28 Å². The van der Waals surface area contributed by atoms with E-state index in [0.29, 0.717) is 5.28 Å². The summed E-state index contributed by atoms with van der Waals surface area (Å²) in [5.74, 6) is 0.874. The molecule has 0 aromatic carbocycles. The van der Waals surface area contributed by atoms with E-state index < -0.39 is 0 Å². The summed E-state index contributed by atoms with van der Waals surface area (Å²) in [6.07, 6.45) is 6.74. The van der Waals surface area contributed by atoms with Gasteiger partial charge in [-0.2, -0.15) is 0 Å². The van der Waals surface area contributed by atoms with Crippen molar-refractivity contribution in [2.24, 2.45) is 0 Å². The maximum Gasteiger partial charge on any atom is 0.224 e. The first-order chi connectivity index (χ1) is 8.83. The van der Waals surface area contributed by atoms with Crippen molar-refractivity contribution in [1.82, 2.24) is 15.0 Å². The highest BCUT2D eigenvalue weighted by Crippen LogP contribution is 2.27. The Kier molecular flexibility index (Phi) is 3.11. The van der Waals surface area contributed by atoms with Gasteiger partial charge < -0.3 is 5.32 Å². The first-order valence-electron chi connectivity index (χ1n) is 6.01. The van der Waals surface area contributed by atoms with Crippen LogP contribution in [0.3, 0.4) is 0 Å². The maximum atomic E-state index is 5.94. The third kappa shape index (κ3) is 2.29. The second-order valence-corrected chi connectivity index (χ2v) is 4.67. The topological polar surface area (TPSA) is 50.7 Å². The second kappa shape index (κ2) is 4.90. The highest BCUT2D eigenvalue weighted by Gasteiger charge is 2.18. The van der Waals surface area contributed by atoms with Crippen LogP contribution in [0.5, 0.6) is 0 Å². The molecule has 0 fully saturated rings. The fourth-order valence-electron chi connectivity index (χ4n) is 2.23. The normalized spacial score (nSPS) is 13.4. The molecule has 0 saturated carbocycles. The van der Waals surface area contributed by atoms with Gasteiger partial charge in [-0.1, -0.05) is 0 Å². The number of anilines is 1. The van der Waals surface area contributed by atoms with Gasteiger partial charge in [0, 0.05) is 24.5 Å². The molecule has 4 nitrogen and oxygen atoms in total. The number of pyridine rings is 1. The van der Waals surface area contributed by atoms with E-state index in [1.807, 2.05) is 12.1 Å². The summed E-state index contributed by atoms with van der Waals surface area (Å²) in [5, 5.41) is 3.67. The number of nitrogens with zero attached hydrogens (tertiary/aromatic N) is 3. The van der Waals surface area contributed by atoms with Crippen molar-refractivity contribution >= 4 is 17.4 Å². The predicted octanol–water partition coefficient (Wildman–Crippen LogP) is 2.63. The minimum absolute atomic E-state index is 0.327. The average Bonchev–Trinajstić information content (AvgIpc) is 2.85. The monoisotopic (exact) mass is 260 g/mol. The predicted molar refractivity (Wildman–Crippen MR) is 70.6 cm³/mol.